The maximum atomic E-state index is 5.39. The third kappa shape index (κ3) is 8.02. The van der Waals surface area contributed by atoms with Crippen molar-refractivity contribution in [3.05, 3.63) is 6.92 Å². The summed E-state index contributed by atoms with van der Waals surface area (Å²) >= 11 is 0. The van der Waals surface area contributed by atoms with Crippen molar-refractivity contribution in [2.75, 3.05) is 20.3 Å². The molecule has 0 saturated heterocycles. The summed E-state index contributed by atoms with van der Waals surface area (Å²) in [6.45, 7) is 7.43. The molecule has 0 rings (SSSR count). The highest BCUT2D eigenvalue weighted by molar-refractivity contribution is 4.59. The average molecular weight is 173 g/mol. The second kappa shape index (κ2) is 9.01. The molecule has 12 heavy (non-hydrogen) atoms. The van der Waals surface area contributed by atoms with E-state index in [0.717, 1.165) is 6.42 Å². The van der Waals surface area contributed by atoms with Crippen LogP contribution in [0.5, 0.6) is 0 Å². The third-order valence-corrected chi connectivity index (χ3v) is 1.77. The molecule has 0 heterocycles. The fraction of sp³-hybridized carbons (Fsp3) is 0.900. The average Bonchev–Trinajstić information content (AvgIpc) is 2.06. The van der Waals surface area contributed by atoms with E-state index in [9.17, 15) is 0 Å². The van der Waals surface area contributed by atoms with Crippen molar-refractivity contribution in [2.24, 2.45) is 0 Å². The summed E-state index contributed by atoms with van der Waals surface area (Å²) in [5.74, 6) is 0. The molecule has 0 aliphatic carbocycles. The van der Waals surface area contributed by atoms with E-state index in [-0.39, 0.29) is 6.10 Å². The van der Waals surface area contributed by atoms with E-state index in [2.05, 4.69) is 13.8 Å². The molecule has 0 aromatic rings. The highest BCUT2D eigenvalue weighted by Crippen LogP contribution is 2.05. The first kappa shape index (κ1) is 11.9. The van der Waals surface area contributed by atoms with Gasteiger partial charge in [0.25, 0.3) is 0 Å². The van der Waals surface area contributed by atoms with Crippen molar-refractivity contribution in [2.45, 2.75) is 38.7 Å². The molecule has 73 valence electrons. The van der Waals surface area contributed by atoms with E-state index < -0.39 is 0 Å². The lowest BCUT2D eigenvalue weighted by Crippen LogP contribution is -2.12. The van der Waals surface area contributed by atoms with Gasteiger partial charge in [0.15, 0.2) is 0 Å². The van der Waals surface area contributed by atoms with Crippen LogP contribution in [0.25, 0.3) is 0 Å². The molecule has 0 aliphatic rings. The lowest BCUT2D eigenvalue weighted by molar-refractivity contribution is 0.0337. The minimum Gasteiger partial charge on any atom is -0.382 e. The zero-order valence-corrected chi connectivity index (χ0v) is 8.34. The number of ether oxygens (including phenoxy) is 2. The van der Waals surface area contributed by atoms with Gasteiger partial charge in [0.1, 0.15) is 0 Å². The summed E-state index contributed by atoms with van der Waals surface area (Å²) in [6.07, 6.45) is 4.96. The molecule has 1 atom stereocenters. The quantitative estimate of drug-likeness (QED) is 0.525. The lowest BCUT2D eigenvalue weighted by Gasteiger charge is -2.11. The van der Waals surface area contributed by atoms with Gasteiger partial charge < -0.3 is 9.47 Å². The molecule has 0 spiro atoms. The normalized spacial score (nSPS) is 13.2. The Kier molecular flexibility index (Phi) is 8.95. The molecular formula is C10H21O2. The van der Waals surface area contributed by atoms with Crippen LogP contribution in [0.4, 0.5) is 0 Å². The summed E-state index contributed by atoms with van der Waals surface area (Å²) in [5.41, 5.74) is 0. The number of rotatable bonds is 8. The van der Waals surface area contributed by atoms with Crippen LogP contribution in [0.3, 0.4) is 0 Å². The van der Waals surface area contributed by atoms with Gasteiger partial charge in [0.05, 0.1) is 19.3 Å². The maximum Gasteiger partial charge on any atom is 0.0704 e. The molecular weight excluding hydrogens is 152 g/mol. The lowest BCUT2D eigenvalue weighted by atomic mass is 10.1. The zero-order valence-electron chi connectivity index (χ0n) is 8.34. The number of hydrogen-bond donors (Lipinski definition) is 0. The van der Waals surface area contributed by atoms with Gasteiger partial charge >= 0.3 is 0 Å². The molecule has 0 fully saturated rings. The number of hydrogen-bond acceptors (Lipinski definition) is 2. The number of unbranched alkanes of at least 4 members (excludes halogenated alkanes) is 2. The van der Waals surface area contributed by atoms with Crippen molar-refractivity contribution in [1.82, 2.24) is 0 Å². The SMILES string of the molecule is [CH2]C(CCCCC)OCCOC. The maximum absolute atomic E-state index is 5.39. The Hall–Kier alpha value is -0.0800. The highest BCUT2D eigenvalue weighted by atomic mass is 16.5. The van der Waals surface area contributed by atoms with Crippen LogP contribution in [-0.2, 0) is 9.47 Å². The van der Waals surface area contributed by atoms with Crippen LogP contribution in [0.15, 0.2) is 0 Å². The number of methoxy groups -OCH3 is 1. The third-order valence-electron chi connectivity index (χ3n) is 1.77. The van der Waals surface area contributed by atoms with E-state index >= 15 is 0 Å². The summed E-state index contributed by atoms with van der Waals surface area (Å²) in [5, 5.41) is 0. The van der Waals surface area contributed by atoms with Gasteiger partial charge in [0.2, 0.25) is 0 Å². The molecule has 0 N–H and O–H groups in total. The molecule has 1 unspecified atom stereocenters. The predicted octanol–water partition coefficient (Wildman–Crippen LogP) is 2.43. The molecule has 0 amide bonds. The summed E-state index contributed by atoms with van der Waals surface area (Å²) < 4.78 is 10.3. The van der Waals surface area contributed by atoms with Crippen LogP contribution in [-0.4, -0.2) is 26.4 Å². The first-order valence-corrected chi connectivity index (χ1v) is 4.74. The van der Waals surface area contributed by atoms with Crippen LogP contribution in [0, 0.1) is 6.92 Å². The smallest absolute Gasteiger partial charge is 0.0704 e. The van der Waals surface area contributed by atoms with Gasteiger partial charge in [-0.3, -0.25) is 0 Å². The molecule has 0 aromatic heterocycles. The topological polar surface area (TPSA) is 18.5 Å². The second-order valence-corrected chi connectivity index (χ2v) is 2.98. The fourth-order valence-corrected chi connectivity index (χ4v) is 1.00. The molecule has 2 heteroatoms. The molecule has 0 aliphatic heterocycles. The fourth-order valence-electron chi connectivity index (χ4n) is 1.00. The van der Waals surface area contributed by atoms with Crippen molar-refractivity contribution < 1.29 is 9.47 Å². The Morgan fingerprint density at radius 3 is 2.58 bits per heavy atom. The van der Waals surface area contributed by atoms with Crippen molar-refractivity contribution in [3.63, 3.8) is 0 Å². The van der Waals surface area contributed by atoms with Crippen LogP contribution in [0.1, 0.15) is 32.6 Å². The van der Waals surface area contributed by atoms with Crippen LogP contribution < -0.4 is 0 Å². The largest absolute Gasteiger partial charge is 0.382 e. The zero-order chi connectivity index (χ0) is 9.23. The monoisotopic (exact) mass is 173 g/mol. The van der Waals surface area contributed by atoms with Gasteiger partial charge in [-0.15, -0.1) is 0 Å². The first-order valence-electron chi connectivity index (χ1n) is 4.74. The molecule has 2 nitrogen and oxygen atoms in total. The van der Waals surface area contributed by atoms with Crippen molar-refractivity contribution >= 4 is 0 Å². The van der Waals surface area contributed by atoms with Gasteiger partial charge in [-0.25, -0.2) is 0 Å². The summed E-state index contributed by atoms with van der Waals surface area (Å²) in [7, 11) is 1.68. The van der Waals surface area contributed by atoms with Gasteiger partial charge in [-0.05, 0) is 13.3 Å². The second-order valence-electron chi connectivity index (χ2n) is 2.98. The van der Waals surface area contributed by atoms with E-state index in [1.54, 1.807) is 7.11 Å². The van der Waals surface area contributed by atoms with Crippen molar-refractivity contribution in [1.29, 1.82) is 0 Å². The van der Waals surface area contributed by atoms with E-state index in [1.165, 1.54) is 19.3 Å². The Morgan fingerprint density at radius 2 is 2.00 bits per heavy atom. The Morgan fingerprint density at radius 1 is 1.25 bits per heavy atom. The van der Waals surface area contributed by atoms with Crippen molar-refractivity contribution in [3.8, 4) is 0 Å². The predicted molar refractivity (Wildman–Crippen MR) is 51.1 cm³/mol. The van der Waals surface area contributed by atoms with Crippen LogP contribution in [0.2, 0.25) is 0 Å². The molecule has 0 saturated carbocycles. The Balaban J connectivity index is 3.04. The minimum absolute atomic E-state index is 0.145. The van der Waals surface area contributed by atoms with Crippen LogP contribution >= 0.6 is 0 Å². The molecule has 1 radical (unpaired) electrons. The van der Waals surface area contributed by atoms with Gasteiger partial charge in [-0.1, -0.05) is 26.2 Å². The van der Waals surface area contributed by atoms with Gasteiger partial charge in [0, 0.05) is 7.11 Å². The Bertz CT molecular complexity index is 73.9. The Labute approximate surface area is 76.3 Å². The first-order chi connectivity index (χ1) is 5.81. The summed E-state index contributed by atoms with van der Waals surface area (Å²) in [6, 6.07) is 0. The molecule has 0 bridgehead atoms. The van der Waals surface area contributed by atoms with E-state index in [1.807, 2.05) is 0 Å². The highest BCUT2D eigenvalue weighted by Gasteiger charge is 2.00. The minimum atomic E-state index is 0.145. The molecule has 0 aromatic carbocycles. The standard InChI is InChI=1S/C10H21O2/c1-4-5-6-7-10(2)12-9-8-11-3/h10H,2,4-9H2,1,3H3. The van der Waals surface area contributed by atoms with E-state index in [0.29, 0.717) is 13.2 Å². The van der Waals surface area contributed by atoms with E-state index in [4.69, 9.17) is 9.47 Å². The van der Waals surface area contributed by atoms with Gasteiger partial charge in [-0.2, -0.15) is 0 Å². The summed E-state index contributed by atoms with van der Waals surface area (Å²) in [4.78, 5) is 0.